The van der Waals surface area contributed by atoms with Gasteiger partial charge in [-0.05, 0) is 67.5 Å². The van der Waals surface area contributed by atoms with Gasteiger partial charge in [0, 0.05) is 23.2 Å². The first kappa shape index (κ1) is 18.6. The average Bonchev–Trinajstić information content (AvgIpc) is 2.58. The van der Waals surface area contributed by atoms with Gasteiger partial charge in [0.1, 0.15) is 0 Å². The highest BCUT2D eigenvalue weighted by Gasteiger charge is 2.37. The fraction of sp³-hybridized carbons (Fsp3) is 0.400. The van der Waals surface area contributed by atoms with Crippen LogP contribution in [0.5, 0.6) is 11.5 Å². The molecule has 2 aliphatic rings. The fourth-order valence-corrected chi connectivity index (χ4v) is 4.69. The van der Waals surface area contributed by atoms with Crippen molar-refractivity contribution in [3.05, 3.63) is 58.1 Å². The number of hydrogen-bond acceptors (Lipinski definition) is 3. The average molecular weight is 425 g/mol. The number of rotatable bonds is 2. The predicted molar refractivity (Wildman–Crippen MR) is 106 cm³/mol. The largest absolute Gasteiger partial charge is 0.504 e. The van der Waals surface area contributed by atoms with Crippen molar-refractivity contribution in [1.29, 1.82) is 0 Å². The zero-order valence-corrected chi connectivity index (χ0v) is 16.5. The molecule has 1 fully saturated rings. The number of phenols is 2. The Hall–Kier alpha value is -1.23. The molecule has 1 aliphatic heterocycles. The minimum Gasteiger partial charge on any atom is -0.504 e. The summed E-state index contributed by atoms with van der Waals surface area (Å²) in [4.78, 5) is 2.56. The van der Waals surface area contributed by atoms with E-state index in [9.17, 15) is 10.2 Å². The van der Waals surface area contributed by atoms with Gasteiger partial charge in [-0.25, -0.2) is 0 Å². The molecule has 2 atom stereocenters. The molecule has 0 bridgehead atoms. The normalized spacial score (nSPS) is 22.6. The number of likely N-dealkylation sites (tertiary alicyclic amines) is 1. The lowest BCUT2D eigenvalue weighted by atomic mass is 9.74. The highest BCUT2D eigenvalue weighted by atomic mass is 79.9. The molecule has 25 heavy (non-hydrogen) atoms. The van der Waals surface area contributed by atoms with E-state index in [4.69, 9.17) is 11.6 Å². The van der Waals surface area contributed by atoms with Gasteiger partial charge in [-0.3, -0.25) is 4.90 Å². The first-order valence-corrected chi connectivity index (χ1v) is 9.03. The van der Waals surface area contributed by atoms with Gasteiger partial charge < -0.3 is 10.2 Å². The highest BCUT2D eigenvalue weighted by molar-refractivity contribution is 8.93. The van der Waals surface area contributed by atoms with Crippen molar-refractivity contribution in [2.24, 2.45) is 0 Å². The van der Waals surface area contributed by atoms with Gasteiger partial charge >= 0.3 is 0 Å². The lowest BCUT2D eigenvalue weighted by molar-refractivity contribution is 0.104. The summed E-state index contributed by atoms with van der Waals surface area (Å²) >= 11 is 6.13. The van der Waals surface area contributed by atoms with Crippen molar-refractivity contribution in [2.75, 3.05) is 6.54 Å². The molecule has 1 heterocycles. The van der Waals surface area contributed by atoms with Crippen LogP contribution in [-0.2, 0) is 13.0 Å². The van der Waals surface area contributed by atoms with Crippen LogP contribution in [0, 0.1) is 0 Å². The summed E-state index contributed by atoms with van der Waals surface area (Å²) in [7, 11) is 0. The van der Waals surface area contributed by atoms with Crippen LogP contribution in [0.4, 0.5) is 0 Å². The van der Waals surface area contributed by atoms with Crippen LogP contribution in [-0.4, -0.2) is 27.7 Å². The van der Waals surface area contributed by atoms with Crippen LogP contribution in [0.2, 0.25) is 5.02 Å². The fourth-order valence-electron chi connectivity index (χ4n) is 4.48. The topological polar surface area (TPSA) is 43.7 Å². The molecule has 2 aromatic carbocycles. The van der Waals surface area contributed by atoms with E-state index in [2.05, 4.69) is 11.0 Å². The summed E-state index contributed by atoms with van der Waals surface area (Å²) in [6.45, 7) is 2.02. The molecule has 3 nitrogen and oxygen atoms in total. The Bertz CT molecular complexity index is 767. The number of halogens is 2. The Balaban J connectivity index is 0.00000182. The summed E-state index contributed by atoms with van der Waals surface area (Å²) < 4.78 is 0. The second-order valence-corrected chi connectivity index (χ2v) is 7.39. The third-order valence-corrected chi connectivity index (χ3v) is 5.79. The minimum atomic E-state index is -0.00112. The van der Waals surface area contributed by atoms with E-state index in [1.165, 1.54) is 11.1 Å². The summed E-state index contributed by atoms with van der Waals surface area (Å²) in [5.41, 5.74) is 3.42. The minimum absolute atomic E-state index is 0. The second kappa shape index (κ2) is 7.56. The maximum atomic E-state index is 10.2. The number of nitrogens with zero attached hydrogens (tertiary/aromatic N) is 1. The smallest absolute Gasteiger partial charge is 0.160 e. The summed E-state index contributed by atoms with van der Waals surface area (Å²) in [5.74, 6) is 0.518. The molecule has 2 aromatic rings. The van der Waals surface area contributed by atoms with Gasteiger partial charge in [-0.1, -0.05) is 29.8 Å². The summed E-state index contributed by atoms with van der Waals surface area (Å²) in [6.07, 6.45) is 4.15. The lowest BCUT2D eigenvalue weighted by Crippen LogP contribution is -2.45. The molecule has 1 saturated heterocycles. The van der Waals surface area contributed by atoms with Crippen molar-refractivity contribution >= 4 is 28.6 Å². The molecule has 0 amide bonds. The van der Waals surface area contributed by atoms with Crippen molar-refractivity contribution in [3.8, 4) is 11.5 Å². The van der Waals surface area contributed by atoms with Crippen LogP contribution in [0.1, 0.15) is 41.9 Å². The molecule has 1 aliphatic carbocycles. The van der Waals surface area contributed by atoms with Gasteiger partial charge in [0.25, 0.3) is 0 Å². The van der Waals surface area contributed by atoms with Crippen LogP contribution >= 0.6 is 28.6 Å². The number of aromatic hydroxyl groups is 2. The van der Waals surface area contributed by atoms with E-state index >= 15 is 0 Å². The maximum Gasteiger partial charge on any atom is 0.160 e. The Morgan fingerprint density at radius 1 is 1.12 bits per heavy atom. The monoisotopic (exact) mass is 423 g/mol. The molecule has 0 radical (unpaired) electrons. The van der Waals surface area contributed by atoms with E-state index in [0.717, 1.165) is 49.4 Å². The molecule has 0 spiro atoms. The zero-order valence-electron chi connectivity index (χ0n) is 14.0. The quantitative estimate of drug-likeness (QED) is 0.665. The van der Waals surface area contributed by atoms with Crippen molar-refractivity contribution in [3.63, 3.8) is 0 Å². The Kier molecular flexibility index (Phi) is 5.62. The van der Waals surface area contributed by atoms with Crippen molar-refractivity contribution in [1.82, 2.24) is 4.90 Å². The standard InChI is InChI=1S/C20H22ClNO2.BrH/c21-14-4-1-3-13(11-14)12-22-10-2-5-16-15-7-9-19(23)20(24)17(15)6-8-18(16)22;/h1,3-4,7,9,11,16,18,23-24H,2,5-6,8,10,12H2;1H/t16-,18-;/m1./s1. The maximum absolute atomic E-state index is 10.2. The predicted octanol–water partition coefficient (Wildman–Crippen LogP) is 5.02. The third-order valence-electron chi connectivity index (χ3n) is 5.56. The molecule has 0 saturated carbocycles. The van der Waals surface area contributed by atoms with Gasteiger partial charge in [0.15, 0.2) is 11.5 Å². The molecule has 5 heteroatoms. The summed E-state index contributed by atoms with van der Waals surface area (Å²) in [5, 5.41) is 20.7. The van der Waals surface area contributed by atoms with Crippen LogP contribution in [0.25, 0.3) is 0 Å². The SMILES string of the molecule is Br.Oc1ccc2c(c1O)CC[C@@H]1[C@@H]2CCCN1Cc1cccc(Cl)c1. The number of hydrogen-bond donors (Lipinski definition) is 2. The van der Waals surface area contributed by atoms with Gasteiger partial charge in [-0.2, -0.15) is 0 Å². The van der Waals surface area contributed by atoms with E-state index in [1.807, 2.05) is 24.3 Å². The van der Waals surface area contributed by atoms with E-state index in [0.29, 0.717) is 12.0 Å². The van der Waals surface area contributed by atoms with Crippen LogP contribution in [0.3, 0.4) is 0 Å². The first-order chi connectivity index (χ1) is 11.6. The van der Waals surface area contributed by atoms with E-state index < -0.39 is 0 Å². The van der Waals surface area contributed by atoms with Crippen molar-refractivity contribution in [2.45, 2.75) is 44.2 Å². The zero-order chi connectivity index (χ0) is 16.7. The number of piperidine rings is 1. The second-order valence-electron chi connectivity index (χ2n) is 6.96. The first-order valence-electron chi connectivity index (χ1n) is 8.65. The van der Waals surface area contributed by atoms with Gasteiger partial charge in [0.05, 0.1) is 0 Å². The third kappa shape index (κ3) is 3.53. The van der Waals surface area contributed by atoms with Crippen LogP contribution in [0.15, 0.2) is 36.4 Å². The van der Waals surface area contributed by atoms with E-state index in [-0.39, 0.29) is 28.5 Å². The lowest BCUT2D eigenvalue weighted by Gasteiger charge is -2.45. The molecular weight excluding hydrogens is 402 g/mol. The van der Waals surface area contributed by atoms with Crippen LogP contribution < -0.4 is 0 Å². The molecule has 0 unspecified atom stereocenters. The Morgan fingerprint density at radius 3 is 2.76 bits per heavy atom. The van der Waals surface area contributed by atoms with E-state index in [1.54, 1.807) is 6.07 Å². The molecule has 134 valence electrons. The van der Waals surface area contributed by atoms with Crippen molar-refractivity contribution < 1.29 is 10.2 Å². The molecular formula is C20H23BrClNO2. The highest BCUT2D eigenvalue weighted by Crippen LogP contribution is 2.45. The Labute approximate surface area is 164 Å². The number of phenolic OH excluding ortho intramolecular Hbond substituents is 2. The molecule has 4 rings (SSSR count). The van der Waals surface area contributed by atoms with Gasteiger partial charge in [0.2, 0.25) is 0 Å². The molecule has 2 N–H and O–H groups in total. The Morgan fingerprint density at radius 2 is 1.96 bits per heavy atom. The summed E-state index contributed by atoms with van der Waals surface area (Å²) in [6, 6.07) is 12.2. The number of fused-ring (bicyclic) bond motifs is 3. The van der Waals surface area contributed by atoms with Gasteiger partial charge in [-0.15, -0.1) is 17.0 Å². The molecule has 0 aromatic heterocycles. The number of benzene rings is 2.